The molecule has 0 spiro atoms. The van der Waals surface area contributed by atoms with E-state index in [0.717, 1.165) is 7.05 Å². The van der Waals surface area contributed by atoms with Crippen molar-refractivity contribution in [3.8, 4) is 0 Å². The molecule has 1 aromatic carbocycles. The van der Waals surface area contributed by atoms with Crippen LogP contribution in [0.1, 0.15) is 15.9 Å². The van der Waals surface area contributed by atoms with Crippen LogP contribution in [0.5, 0.6) is 0 Å². The summed E-state index contributed by atoms with van der Waals surface area (Å²) in [6.45, 7) is -0.174. The molecule has 7 heteroatoms. The number of benzene rings is 1. The lowest BCUT2D eigenvalue weighted by atomic mass is 10.1. The normalized spacial score (nSPS) is 11.0. The van der Waals surface area contributed by atoms with Crippen molar-refractivity contribution < 1.29 is 22.8 Å². The lowest BCUT2D eigenvalue weighted by Gasteiger charge is -2.18. The molecule has 0 radical (unpaired) electrons. The predicted octanol–water partition coefficient (Wildman–Crippen LogP) is 1.57. The fourth-order valence-electron chi connectivity index (χ4n) is 1.47. The number of nitrogens with zero attached hydrogens (tertiary/aromatic N) is 1. The third-order valence-corrected chi connectivity index (χ3v) is 2.45. The van der Waals surface area contributed by atoms with Crippen molar-refractivity contribution in [1.82, 2.24) is 10.2 Å². The van der Waals surface area contributed by atoms with Crippen LogP contribution in [0.3, 0.4) is 0 Å². The van der Waals surface area contributed by atoms with E-state index in [4.69, 9.17) is 0 Å². The number of hydrogen-bond acceptors (Lipinski definition) is 2. The molecule has 104 valence electrons. The molecule has 0 unspecified atom stereocenters. The largest absolute Gasteiger partial charge is 0.471 e. The maximum atomic E-state index is 12.2. The van der Waals surface area contributed by atoms with Crippen LogP contribution in [0, 0.1) is 0 Å². The minimum absolute atomic E-state index is 0.174. The van der Waals surface area contributed by atoms with Gasteiger partial charge in [-0.05, 0) is 17.7 Å². The Balaban J connectivity index is 2.73. The van der Waals surface area contributed by atoms with Crippen molar-refractivity contribution in [2.24, 2.45) is 0 Å². The smallest absolute Gasteiger partial charge is 0.355 e. The zero-order chi connectivity index (χ0) is 14.6. The number of hydrogen-bond donors (Lipinski definition) is 1. The van der Waals surface area contributed by atoms with Gasteiger partial charge in [-0.1, -0.05) is 12.1 Å². The number of rotatable bonds is 3. The molecule has 0 aliphatic heterocycles. The number of nitrogens with one attached hydrogen (secondary N) is 1. The highest BCUT2D eigenvalue weighted by molar-refractivity contribution is 5.93. The first-order valence-corrected chi connectivity index (χ1v) is 5.39. The highest BCUT2D eigenvalue weighted by atomic mass is 19.4. The van der Waals surface area contributed by atoms with E-state index in [1.54, 1.807) is 0 Å². The fourth-order valence-corrected chi connectivity index (χ4v) is 1.47. The monoisotopic (exact) mass is 274 g/mol. The average Bonchev–Trinajstić information content (AvgIpc) is 2.36. The molecule has 1 N–H and O–H groups in total. The summed E-state index contributed by atoms with van der Waals surface area (Å²) in [5.74, 6) is -2.19. The van der Waals surface area contributed by atoms with Gasteiger partial charge in [0, 0.05) is 26.2 Å². The second kappa shape index (κ2) is 5.73. The first kappa shape index (κ1) is 15.0. The van der Waals surface area contributed by atoms with Crippen molar-refractivity contribution in [1.29, 1.82) is 0 Å². The topological polar surface area (TPSA) is 49.4 Å². The highest BCUT2D eigenvalue weighted by Crippen LogP contribution is 2.19. The third kappa shape index (κ3) is 3.97. The second-order valence-corrected chi connectivity index (χ2v) is 3.94. The van der Waals surface area contributed by atoms with Crippen LogP contribution in [0.25, 0.3) is 0 Å². The van der Waals surface area contributed by atoms with Gasteiger partial charge in [0.2, 0.25) is 0 Å². The van der Waals surface area contributed by atoms with Gasteiger partial charge in [-0.2, -0.15) is 13.2 Å². The maximum absolute atomic E-state index is 12.2. The lowest BCUT2D eigenvalue weighted by Crippen LogP contribution is -2.37. The average molecular weight is 274 g/mol. The minimum Gasteiger partial charge on any atom is -0.355 e. The van der Waals surface area contributed by atoms with Gasteiger partial charge in [-0.25, -0.2) is 0 Å². The van der Waals surface area contributed by atoms with E-state index < -0.39 is 12.1 Å². The van der Waals surface area contributed by atoms with Crippen LogP contribution in [0.4, 0.5) is 13.2 Å². The number of amides is 2. The lowest BCUT2D eigenvalue weighted by molar-refractivity contribution is -0.184. The molecule has 1 aromatic rings. The van der Waals surface area contributed by atoms with Gasteiger partial charge in [0.25, 0.3) is 5.91 Å². The summed E-state index contributed by atoms with van der Waals surface area (Å²) in [4.78, 5) is 22.8. The summed E-state index contributed by atoms with van der Waals surface area (Å²) in [7, 11) is 2.55. The molecule has 0 heterocycles. The summed E-state index contributed by atoms with van der Waals surface area (Å²) >= 11 is 0. The van der Waals surface area contributed by atoms with Crippen LogP contribution >= 0.6 is 0 Å². The van der Waals surface area contributed by atoms with Gasteiger partial charge in [0.15, 0.2) is 0 Å². The van der Waals surface area contributed by atoms with E-state index in [9.17, 15) is 22.8 Å². The predicted molar refractivity (Wildman–Crippen MR) is 62.4 cm³/mol. The molecule has 0 bridgehead atoms. The number of carbonyl (C=O) groups is 2. The zero-order valence-electron chi connectivity index (χ0n) is 10.4. The Morgan fingerprint density at radius 1 is 1.21 bits per heavy atom. The Labute approximate surface area is 108 Å². The Bertz CT molecular complexity index is 469. The first-order chi connectivity index (χ1) is 8.75. The molecule has 0 saturated heterocycles. The van der Waals surface area contributed by atoms with Gasteiger partial charge in [0.05, 0.1) is 0 Å². The number of alkyl halides is 3. The van der Waals surface area contributed by atoms with E-state index >= 15 is 0 Å². The maximum Gasteiger partial charge on any atom is 0.471 e. The van der Waals surface area contributed by atoms with Crippen molar-refractivity contribution in [3.05, 3.63) is 35.4 Å². The van der Waals surface area contributed by atoms with Crippen molar-refractivity contribution in [2.75, 3.05) is 14.1 Å². The standard InChI is InChI=1S/C12H13F3N2O2/c1-16-10(18)9-5-3-8(4-6-9)7-17(2)11(19)12(13,14)15/h3-6H,7H2,1-2H3,(H,16,18). The molecule has 0 aliphatic rings. The zero-order valence-corrected chi connectivity index (χ0v) is 10.4. The van der Waals surface area contributed by atoms with Gasteiger partial charge in [0.1, 0.15) is 0 Å². The summed E-state index contributed by atoms with van der Waals surface area (Å²) < 4.78 is 36.5. The van der Waals surface area contributed by atoms with Crippen LogP contribution in [-0.2, 0) is 11.3 Å². The van der Waals surface area contributed by atoms with E-state index in [-0.39, 0.29) is 12.5 Å². The quantitative estimate of drug-likeness (QED) is 0.909. The van der Waals surface area contributed by atoms with Crippen LogP contribution in [-0.4, -0.2) is 37.0 Å². The van der Waals surface area contributed by atoms with Crippen LogP contribution < -0.4 is 5.32 Å². The summed E-state index contributed by atoms with van der Waals surface area (Å²) in [6, 6.07) is 5.98. The molecule has 19 heavy (non-hydrogen) atoms. The Morgan fingerprint density at radius 2 is 1.74 bits per heavy atom. The molecule has 0 aromatic heterocycles. The van der Waals surface area contributed by atoms with Gasteiger partial charge < -0.3 is 10.2 Å². The first-order valence-electron chi connectivity index (χ1n) is 5.39. The molecular formula is C12H13F3N2O2. The van der Waals surface area contributed by atoms with E-state index in [1.807, 2.05) is 0 Å². The number of halogens is 3. The molecule has 0 atom stereocenters. The molecule has 2 amide bonds. The van der Waals surface area contributed by atoms with E-state index in [0.29, 0.717) is 16.0 Å². The fraction of sp³-hybridized carbons (Fsp3) is 0.333. The molecule has 0 aliphatic carbocycles. The third-order valence-electron chi connectivity index (χ3n) is 2.45. The summed E-state index contributed by atoms with van der Waals surface area (Å²) in [5.41, 5.74) is 0.906. The summed E-state index contributed by atoms with van der Waals surface area (Å²) in [6.07, 6.45) is -4.88. The van der Waals surface area contributed by atoms with Gasteiger partial charge in [-0.15, -0.1) is 0 Å². The summed E-state index contributed by atoms with van der Waals surface area (Å²) in [5, 5.41) is 2.43. The van der Waals surface area contributed by atoms with E-state index in [1.165, 1.54) is 31.3 Å². The van der Waals surface area contributed by atoms with E-state index in [2.05, 4.69) is 5.32 Å². The Kier molecular flexibility index (Phi) is 4.52. The van der Waals surface area contributed by atoms with Crippen LogP contribution in [0.2, 0.25) is 0 Å². The van der Waals surface area contributed by atoms with Gasteiger partial charge >= 0.3 is 12.1 Å². The Hall–Kier alpha value is -2.05. The molecule has 4 nitrogen and oxygen atoms in total. The SMILES string of the molecule is CNC(=O)c1ccc(CN(C)C(=O)C(F)(F)F)cc1. The number of carbonyl (C=O) groups excluding carboxylic acids is 2. The minimum atomic E-state index is -4.88. The second-order valence-electron chi connectivity index (χ2n) is 3.94. The Morgan fingerprint density at radius 3 is 2.16 bits per heavy atom. The molecular weight excluding hydrogens is 261 g/mol. The molecule has 1 rings (SSSR count). The van der Waals surface area contributed by atoms with Crippen molar-refractivity contribution in [2.45, 2.75) is 12.7 Å². The van der Waals surface area contributed by atoms with Crippen molar-refractivity contribution >= 4 is 11.8 Å². The van der Waals surface area contributed by atoms with Crippen LogP contribution in [0.15, 0.2) is 24.3 Å². The van der Waals surface area contributed by atoms with Crippen molar-refractivity contribution in [3.63, 3.8) is 0 Å². The molecule has 0 saturated carbocycles. The molecule has 0 fully saturated rings. The van der Waals surface area contributed by atoms with Gasteiger partial charge in [-0.3, -0.25) is 9.59 Å². The highest BCUT2D eigenvalue weighted by Gasteiger charge is 2.41.